The van der Waals surface area contributed by atoms with E-state index >= 15 is 0 Å². The van der Waals surface area contributed by atoms with Crippen LogP contribution in [0.1, 0.15) is 6.42 Å². The summed E-state index contributed by atoms with van der Waals surface area (Å²) in [6, 6.07) is 0. The van der Waals surface area contributed by atoms with Gasteiger partial charge in [0.15, 0.2) is 0 Å². The molecule has 0 bridgehead atoms. The summed E-state index contributed by atoms with van der Waals surface area (Å²) in [4.78, 5) is 0. The smallest absolute Gasteiger partial charge is 0.0677 e. The second-order valence-electron chi connectivity index (χ2n) is 2.04. The zero-order valence-electron chi connectivity index (χ0n) is 3.39. The average Bonchev–Trinajstić information content (AvgIpc) is 2.12. The highest BCUT2D eigenvalue weighted by molar-refractivity contribution is 5.40. The molecule has 6 heavy (non-hydrogen) atoms. The van der Waals surface area contributed by atoms with Gasteiger partial charge < -0.3 is 5.11 Å². The second kappa shape index (κ2) is 0.562. The standard InChI is InChI=1S/C5H6O/c6-5-2-3-1-4(3)5/h1,4-6H,2H2. The highest BCUT2D eigenvalue weighted by atomic mass is 16.3. The van der Waals surface area contributed by atoms with Crippen molar-refractivity contribution in [1.82, 2.24) is 0 Å². The minimum absolute atomic E-state index is 0.0139. The SMILES string of the molecule is OC1CC2=CC21. The van der Waals surface area contributed by atoms with Crippen LogP contribution >= 0.6 is 0 Å². The van der Waals surface area contributed by atoms with E-state index in [4.69, 9.17) is 5.11 Å². The summed E-state index contributed by atoms with van der Waals surface area (Å²) in [5.74, 6) is 0.546. The number of rotatable bonds is 0. The first kappa shape index (κ1) is 2.80. The third-order valence-electron chi connectivity index (χ3n) is 1.57. The fraction of sp³-hybridized carbons (Fsp3) is 0.600. The summed E-state index contributed by atoms with van der Waals surface area (Å²) in [6.45, 7) is 0. The lowest BCUT2D eigenvalue weighted by atomic mass is 9.95. The molecule has 2 rings (SSSR count). The Labute approximate surface area is 36.3 Å². The monoisotopic (exact) mass is 82.0 g/mol. The van der Waals surface area contributed by atoms with Crippen molar-refractivity contribution >= 4 is 0 Å². The average molecular weight is 82.1 g/mol. The molecule has 0 heterocycles. The van der Waals surface area contributed by atoms with Gasteiger partial charge >= 0.3 is 0 Å². The summed E-state index contributed by atoms with van der Waals surface area (Å²) in [5.41, 5.74) is 1.47. The predicted octanol–water partition coefficient (Wildman–Crippen LogP) is 0.307. The molecule has 0 aromatic heterocycles. The molecule has 0 aliphatic heterocycles. The molecule has 0 amide bonds. The number of aliphatic hydroxyl groups excluding tert-OH is 1. The van der Waals surface area contributed by atoms with Crippen LogP contribution in [0.25, 0.3) is 0 Å². The summed E-state index contributed by atoms with van der Waals surface area (Å²) < 4.78 is 0. The highest BCUT2D eigenvalue weighted by Gasteiger charge is 2.42. The Bertz CT molecular complexity index is 115. The lowest BCUT2D eigenvalue weighted by Crippen LogP contribution is -2.19. The van der Waals surface area contributed by atoms with Gasteiger partial charge in [-0.2, -0.15) is 0 Å². The minimum atomic E-state index is 0.0139. The van der Waals surface area contributed by atoms with E-state index < -0.39 is 0 Å². The Morgan fingerprint density at radius 2 is 2.67 bits per heavy atom. The molecule has 0 saturated heterocycles. The fourth-order valence-corrected chi connectivity index (χ4v) is 0.953. The van der Waals surface area contributed by atoms with Crippen LogP contribution in [0.15, 0.2) is 11.6 Å². The van der Waals surface area contributed by atoms with Crippen LogP contribution in [0.4, 0.5) is 0 Å². The molecule has 2 unspecified atom stereocenters. The van der Waals surface area contributed by atoms with Gasteiger partial charge in [-0.05, 0) is 6.42 Å². The van der Waals surface area contributed by atoms with Gasteiger partial charge in [0.2, 0.25) is 0 Å². The summed E-state index contributed by atoms with van der Waals surface area (Å²) >= 11 is 0. The molecule has 0 radical (unpaired) electrons. The van der Waals surface area contributed by atoms with Gasteiger partial charge in [0.25, 0.3) is 0 Å². The van der Waals surface area contributed by atoms with E-state index in [0.717, 1.165) is 6.42 Å². The maximum Gasteiger partial charge on any atom is 0.0677 e. The number of hydrogen-bond acceptors (Lipinski definition) is 1. The van der Waals surface area contributed by atoms with Crippen molar-refractivity contribution in [2.24, 2.45) is 5.92 Å². The van der Waals surface area contributed by atoms with Gasteiger partial charge in [-0.1, -0.05) is 11.6 Å². The van der Waals surface area contributed by atoms with Crippen molar-refractivity contribution < 1.29 is 5.11 Å². The lowest BCUT2D eigenvalue weighted by molar-refractivity contribution is 0.124. The molecule has 0 spiro atoms. The zero-order chi connectivity index (χ0) is 4.15. The molecule has 1 nitrogen and oxygen atoms in total. The molecule has 0 aromatic rings. The Morgan fingerprint density at radius 1 is 1.83 bits per heavy atom. The minimum Gasteiger partial charge on any atom is -0.392 e. The molecule has 1 fully saturated rings. The molecule has 2 aliphatic carbocycles. The summed E-state index contributed by atoms with van der Waals surface area (Å²) in [7, 11) is 0. The molecule has 1 saturated carbocycles. The summed E-state index contributed by atoms with van der Waals surface area (Å²) in [5, 5.41) is 8.71. The van der Waals surface area contributed by atoms with Crippen molar-refractivity contribution in [2.45, 2.75) is 12.5 Å². The third-order valence-corrected chi connectivity index (χ3v) is 1.57. The van der Waals surface area contributed by atoms with Gasteiger partial charge in [0.1, 0.15) is 0 Å². The Hall–Kier alpha value is -0.300. The maximum absolute atomic E-state index is 8.71. The van der Waals surface area contributed by atoms with E-state index in [0.29, 0.717) is 5.92 Å². The van der Waals surface area contributed by atoms with E-state index in [1.807, 2.05) is 0 Å². The van der Waals surface area contributed by atoms with Crippen LogP contribution in [-0.4, -0.2) is 11.2 Å². The van der Waals surface area contributed by atoms with E-state index in [1.54, 1.807) is 0 Å². The van der Waals surface area contributed by atoms with E-state index in [2.05, 4.69) is 6.08 Å². The van der Waals surface area contributed by atoms with Crippen molar-refractivity contribution in [1.29, 1.82) is 0 Å². The van der Waals surface area contributed by atoms with Crippen LogP contribution in [0.5, 0.6) is 0 Å². The Balaban J connectivity index is 2.17. The Morgan fingerprint density at radius 3 is 2.67 bits per heavy atom. The molecular formula is C5H6O. The fourth-order valence-electron chi connectivity index (χ4n) is 0.953. The van der Waals surface area contributed by atoms with E-state index in [-0.39, 0.29) is 6.10 Å². The molecular weight excluding hydrogens is 76.1 g/mol. The van der Waals surface area contributed by atoms with Gasteiger partial charge in [-0.25, -0.2) is 0 Å². The number of fused-ring (bicyclic) bond motifs is 1. The molecule has 0 aromatic carbocycles. The van der Waals surface area contributed by atoms with Gasteiger partial charge in [-0.3, -0.25) is 0 Å². The number of hydrogen-bond donors (Lipinski definition) is 1. The summed E-state index contributed by atoms with van der Waals surface area (Å²) in [6.07, 6.45) is 3.11. The Kier molecular flexibility index (Phi) is 0.263. The van der Waals surface area contributed by atoms with Crippen molar-refractivity contribution in [3.63, 3.8) is 0 Å². The second-order valence-corrected chi connectivity index (χ2v) is 2.04. The normalized spacial score (nSPS) is 49.2. The maximum atomic E-state index is 8.71. The van der Waals surface area contributed by atoms with Crippen LogP contribution in [-0.2, 0) is 0 Å². The zero-order valence-corrected chi connectivity index (χ0v) is 3.39. The first-order valence-corrected chi connectivity index (χ1v) is 2.26. The van der Waals surface area contributed by atoms with Crippen LogP contribution in [0.3, 0.4) is 0 Å². The first-order chi connectivity index (χ1) is 2.88. The van der Waals surface area contributed by atoms with Crippen LogP contribution in [0, 0.1) is 5.92 Å². The molecule has 32 valence electrons. The lowest BCUT2D eigenvalue weighted by Gasteiger charge is -2.17. The van der Waals surface area contributed by atoms with Crippen LogP contribution < -0.4 is 0 Å². The van der Waals surface area contributed by atoms with Crippen LogP contribution in [0.2, 0.25) is 0 Å². The molecule has 2 aliphatic rings. The largest absolute Gasteiger partial charge is 0.392 e. The van der Waals surface area contributed by atoms with Crippen molar-refractivity contribution in [2.75, 3.05) is 0 Å². The van der Waals surface area contributed by atoms with Crippen molar-refractivity contribution in [3.05, 3.63) is 11.6 Å². The third kappa shape index (κ3) is 0.144. The van der Waals surface area contributed by atoms with Crippen molar-refractivity contribution in [3.8, 4) is 0 Å². The number of aliphatic hydroxyl groups is 1. The van der Waals surface area contributed by atoms with Gasteiger partial charge in [-0.15, -0.1) is 0 Å². The predicted molar refractivity (Wildman–Crippen MR) is 22.2 cm³/mol. The molecule has 1 N–H and O–H groups in total. The molecule has 1 heteroatoms. The van der Waals surface area contributed by atoms with Gasteiger partial charge in [0, 0.05) is 5.92 Å². The quantitative estimate of drug-likeness (QED) is 0.417. The first-order valence-electron chi connectivity index (χ1n) is 2.26. The highest BCUT2D eigenvalue weighted by Crippen LogP contribution is 2.47. The topological polar surface area (TPSA) is 20.2 Å². The molecule has 2 atom stereocenters. The van der Waals surface area contributed by atoms with Gasteiger partial charge in [0.05, 0.1) is 6.10 Å². The van der Waals surface area contributed by atoms with E-state index in [9.17, 15) is 0 Å². The van der Waals surface area contributed by atoms with E-state index in [1.165, 1.54) is 5.57 Å².